The fraction of sp³-hybridized carbons (Fsp3) is 0.571. The van der Waals surface area contributed by atoms with Crippen molar-refractivity contribution in [2.75, 3.05) is 0 Å². The SMILES string of the molecule is CCC(CC)C(C)NCc1cc(Br)ccc1Cl. The molecule has 1 atom stereocenters. The molecule has 1 rings (SSSR count). The van der Waals surface area contributed by atoms with Gasteiger partial charge < -0.3 is 5.32 Å². The minimum absolute atomic E-state index is 0.528. The van der Waals surface area contributed by atoms with Gasteiger partial charge in [-0.2, -0.15) is 0 Å². The molecule has 0 aromatic heterocycles. The van der Waals surface area contributed by atoms with E-state index in [1.54, 1.807) is 0 Å². The van der Waals surface area contributed by atoms with Crippen molar-refractivity contribution >= 4 is 27.5 Å². The minimum Gasteiger partial charge on any atom is -0.310 e. The first-order valence-corrected chi connectivity index (χ1v) is 7.42. The van der Waals surface area contributed by atoms with Crippen LogP contribution in [0.15, 0.2) is 22.7 Å². The molecule has 17 heavy (non-hydrogen) atoms. The van der Waals surface area contributed by atoms with E-state index < -0.39 is 0 Å². The van der Waals surface area contributed by atoms with Crippen molar-refractivity contribution in [3.8, 4) is 0 Å². The molecule has 1 unspecified atom stereocenters. The maximum Gasteiger partial charge on any atom is 0.0451 e. The molecule has 96 valence electrons. The van der Waals surface area contributed by atoms with E-state index in [1.807, 2.05) is 12.1 Å². The summed E-state index contributed by atoms with van der Waals surface area (Å²) in [4.78, 5) is 0. The summed E-state index contributed by atoms with van der Waals surface area (Å²) in [6.07, 6.45) is 2.44. The third kappa shape index (κ3) is 4.61. The smallest absolute Gasteiger partial charge is 0.0451 e. The van der Waals surface area contributed by atoms with E-state index in [1.165, 1.54) is 12.8 Å². The Morgan fingerprint density at radius 2 is 1.94 bits per heavy atom. The van der Waals surface area contributed by atoms with Gasteiger partial charge in [-0.1, -0.05) is 54.2 Å². The number of nitrogens with one attached hydrogen (secondary N) is 1. The van der Waals surface area contributed by atoms with Gasteiger partial charge in [0.1, 0.15) is 0 Å². The van der Waals surface area contributed by atoms with Gasteiger partial charge in [-0.15, -0.1) is 0 Å². The fourth-order valence-electron chi connectivity index (χ4n) is 2.11. The van der Waals surface area contributed by atoms with Gasteiger partial charge in [-0.05, 0) is 36.6 Å². The second-order valence-corrected chi connectivity index (χ2v) is 5.80. The first-order chi connectivity index (χ1) is 8.08. The molecule has 1 N–H and O–H groups in total. The highest BCUT2D eigenvalue weighted by Crippen LogP contribution is 2.21. The Kier molecular flexibility index (Phi) is 6.53. The van der Waals surface area contributed by atoms with Gasteiger partial charge in [0.25, 0.3) is 0 Å². The molecule has 0 aliphatic heterocycles. The van der Waals surface area contributed by atoms with E-state index in [4.69, 9.17) is 11.6 Å². The van der Waals surface area contributed by atoms with E-state index in [0.717, 1.165) is 27.5 Å². The molecule has 3 heteroatoms. The van der Waals surface area contributed by atoms with E-state index >= 15 is 0 Å². The highest BCUT2D eigenvalue weighted by atomic mass is 79.9. The van der Waals surface area contributed by atoms with Crippen molar-refractivity contribution in [3.63, 3.8) is 0 Å². The Hall–Kier alpha value is -0.0500. The number of halogens is 2. The lowest BCUT2D eigenvalue weighted by Crippen LogP contribution is -2.32. The highest BCUT2D eigenvalue weighted by molar-refractivity contribution is 9.10. The molecule has 0 amide bonds. The van der Waals surface area contributed by atoms with Gasteiger partial charge in [0, 0.05) is 22.1 Å². The van der Waals surface area contributed by atoms with Gasteiger partial charge in [0.05, 0.1) is 0 Å². The van der Waals surface area contributed by atoms with Crippen molar-refractivity contribution in [1.29, 1.82) is 0 Å². The summed E-state index contributed by atoms with van der Waals surface area (Å²) < 4.78 is 1.08. The quantitative estimate of drug-likeness (QED) is 0.777. The zero-order chi connectivity index (χ0) is 12.8. The van der Waals surface area contributed by atoms with Crippen LogP contribution in [-0.4, -0.2) is 6.04 Å². The van der Waals surface area contributed by atoms with Crippen molar-refractivity contribution in [2.45, 2.75) is 46.2 Å². The third-order valence-electron chi connectivity index (χ3n) is 3.38. The van der Waals surface area contributed by atoms with Gasteiger partial charge in [0.2, 0.25) is 0 Å². The van der Waals surface area contributed by atoms with Crippen molar-refractivity contribution in [1.82, 2.24) is 5.32 Å². The van der Waals surface area contributed by atoms with Crippen LogP contribution >= 0.6 is 27.5 Å². The van der Waals surface area contributed by atoms with E-state index in [0.29, 0.717) is 6.04 Å². The van der Waals surface area contributed by atoms with E-state index in [2.05, 4.69) is 48.1 Å². The van der Waals surface area contributed by atoms with Crippen molar-refractivity contribution in [3.05, 3.63) is 33.3 Å². The minimum atomic E-state index is 0.528. The zero-order valence-corrected chi connectivity index (χ0v) is 13.1. The number of rotatable bonds is 6. The summed E-state index contributed by atoms with van der Waals surface area (Å²) in [6.45, 7) is 7.58. The van der Waals surface area contributed by atoms with E-state index in [-0.39, 0.29) is 0 Å². The summed E-state index contributed by atoms with van der Waals surface area (Å²) in [5.41, 5.74) is 1.15. The van der Waals surface area contributed by atoms with Crippen LogP contribution in [0.25, 0.3) is 0 Å². The highest BCUT2D eigenvalue weighted by Gasteiger charge is 2.13. The van der Waals surface area contributed by atoms with Crippen LogP contribution in [0.2, 0.25) is 5.02 Å². The zero-order valence-electron chi connectivity index (χ0n) is 10.8. The topological polar surface area (TPSA) is 12.0 Å². The standard InChI is InChI=1S/C14H21BrClN/c1-4-11(5-2)10(3)17-9-12-8-13(15)6-7-14(12)16/h6-8,10-11,17H,4-5,9H2,1-3H3. The summed E-state index contributed by atoms with van der Waals surface area (Å²) in [6, 6.07) is 6.51. The van der Waals surface area contributed by atoms with Gasteiger partial charge in [-0.3, -0.25) is 0 Å². The van der Waals surface area contributed by atoms with Crippen LogP contribution in [0.4, 0.5) is 0 Å². The molecule has 0 radical (unpaired) electrons. The predicted octanol–water partition coefficient (Wildman–Crippen LogP) is 5.02. The van der Waals surface area contributed by atoms with Crippen LogP contribution in [0.5, 0.6) is 0 Å². The van der Waals surface area contributed by atoms with Crippen LogP contribution < -0.4 is 5.32 Å². The molecule has 0 saturated heterocycles. The number of hydrogen-bond acceptors (Lipinski definition) is 1. The summed E-state index contributed by atoms with van der Waals surface area (Å²) in [5, 5.41) is 4.39. The first-order valence-electron chi connectivity index (χ1n) is 6.25. The molecular weight excluding hydrogens is 298 g/mol. The summed E-state index contributed by atoms with van der Waals surface area (Å²) in [7, 11) is 0. The molecule has 0 spiro atoms. The van der Waals surface area contributed by atoms with Crippen LogP contribution in [0, 0.1) is 5.92 Å². The number of benzene rings is 1. The predicted molar refractivity (Wildman–Crippen MR) is 79.5 cm³/mol. The monoisotopic (exact) mass is 317 g/mol. The molecule has 1 aromatic carbocycles. The molecule has 1 aromatic rings. The van der Waals surface area contributed by atoms with Crippen molar-refractivity contribution < 1.29 is 0 Å². The maximum absolute atomic E-state index is 6.17. The molecule has 0 fully saturated rings. The lowest BCUT2D eigenvalue weighted by molar-refractivity contribution is 0.353. The third-order valence-corrected chi connectivity index (χ3v) is 4.24. The Morgan fingerprint density at radius 3 is 2.53 bits per heavy atom. The molecule has 0 saturated carbocycles. The second-order valence-electron chi connectivity index (χ2n) is 4.48. The molecule has 0 aliphatic rings. The number of hydrogen-bond donors (Lipinski definition) is 1. The normalized spacial score (nSPS) is 13.1. The first kappa shape index (κ1) is 15.0. The van der Waals surface area contributed by atoms with Crippen LogP contribution in [0.3, 0.4) is 0 Å². The van der Waals surface area contributed by atoms with Crippen LogP contribution in [0.1, 0.15) is 39.2 Å². The molecule has 0 heterocycles. The Bertz CT molecular complexity index is 350. The molecule has 1 nitrogen and oxygen atoms in total. The van der Waals surface area contributed by atoms with Crippen molar-refractivity contribution in [2.24, 2.45) is 5.92 Å². The Balaban J connectivity index is 2.57. The van der Waals surface area contributed by atoms with Gasteiger partial charge in [-0.25, -0.2) is 0 Å². The van der Waals surface area contributed by atoms with Gasteiger partial charge in [0.15, 0.2) is 0 Å². The van der Waals surface area contributed by atoms with Crippen LogP contribution in [-0.2, 0) is 6.54 Å². The molecule has 0 aliphatic carbocycles. The average molecular weight is 319 g/mol. The maximum atomic E-state index is 6.17. The van der Waals surface area contributed by atoms with Gasteiger partial charge >= 0.3 is 0 Å². The molecular formula is C14H21BrClN. The lowest BCUT2D eigenvalue weighted by Gasteiger charge is -2.22. The Morgan fingerprint density at radius 1 is 1.29 bits per heavy atom. The van der Waals surface area contributed by atoms with E-state index in [9.17, 15) is 0 Å². The lowest BCUT2D eigenvalue weighted by atomic mass is 9.95. The molecule has 0 bridgehead atoms. The summed E-state index contributed by atoms with van der Waals surface area (Å²) in [5.74, 6) is 0.737. The fourth-order valence-corrected chi connectivity index (χ4v) is 2.71. The largest absolute Gasteiger partial charge is 0.310 e. The second kappa shape index (κ2) is 7.40. The average Bonchev–Trinajstić information content (AvgIpc) is 2.32. The Labute approximate surface area is 118 Å². The summed E-state index contributed by atoms with van der Waals surface area (Å²) >= 11 is 9.64.